The van der Waals surface area contributed by atoms with Crippen molar-refractivity contribution in [3.8, 4) is 0 Å². The number of hydrogen-bond acceptors (Lipinski definition) is 2. The molecule has 0 aliphatic rings. The van der Waals surface area contributed by atoms with Crippen LogP contribution < -0.4 is 5.73 Å². The Morgan fingerprint density at radius 1 is 1.56 bits per heavy atom. The minimum atomic E-state index is -2.29. The molecule has 0 heterocycles. The Kier molecular flexibility index (Phi) is 2.44. The van der Waals surface area contributed by atoms with Crippen molar-refractivity contribution in [2.24, 2.45) is 5.73 Å². The van der Waals surface area contributed by atoms with Crippen LogP contribution >= 0.6 is 7.14 Å². The van der Waals surface area contributed by atoms with Gasteiger partial charge < -0.3 is 10.3 Å². The minimum Gasteiger partial charge on any atom is -0.369 e. The molecule has 0 aliphatic carbocycles. The molecule has 0 aromatic carbocycles. The van der Waals surface area contributed by atoms with E-state index >= 15 is 0 Å². The number of rotatable bonds is 2. The summed E-state index contributed by atoms with van der Waals surface area (Å²) in [6, 6.07) is 0. The second kappa shape index (κ2) is 2.53. The van der Waals surface area contributed by atoms with Crippen LogP contribution in [0.5, 0.6) is 0 Å². The first-order valence-electron chi connectivity index (χ1n) is 2.69. The van der Waals surface area contributed by atoms with E-state index in [4.69, 9.17) is 5.73 Å². The Balaban J connectivity index is 4.23. The predicted octanol–water partition coefficient (Wildman–Crippen LogP) is 0.483. The second-order valence-electron chi connectivity index (χ2n) is 2.51. The number of carbonyl (C=O) groups excluding carboxylic acids is 1. The summed E-state index contributed by atoms with van der Waals surface area (Å²) in [7, 11) is -2.29. The van der Waals surface area contributed by atoms with Crippen molar-refractivity contribution in [2.45, 2.75) is 12.6 Å². The molecule has 0 saturated carbocycles. The largest absolute Gasteiger partial charge is 0.369 e. The van der Waals surface area contributed by atoms with E-state index in [9.17, 15) is 9.36 Å². The van der Waals surface area contributed by atoms with Crippen molar-refractivity contribution in [1.29, 1.82) is 0 Å². The topological polar surface area (TPSA) is 60.2 Å². The van der Waals surface area contributed by atoms with Crippen LogP contribution in [0.3, 0.4) is 0 Å². The fraction of sp³-hybridized carbons (Fsp3) is 0.800. The Morgan fingerprint density at radius 3 is 1.89 bits per heavy atom. The quantitative estimate of drug-likeness (QED) is 0.580. The zero-order valence-electron chi connectivity index (χ0n) is 5.92. The van der Waals surface area contributed by atoms with Crippen LogP contribution in [0.2, 0.25) is 0 Å². The van der Waals surface area contributed by atoms with Crippen LogP contribution in [0.1, 0.15) is 6.92 Å². The molecular weight excluding hydrogens is 137 g/mol. The van der Waals surface area contributed by atoms with E-state index in [1.54, 1.807) is 20.3 Å². The zero-order chi connectivity index (χ0) is 7.65. The van der Waals surface area contributed by atoms with E-state index in [1.807, 2.05) is 0 Å². The summed E-state index contributed by atoms with van der Waals surface area (Å²) in [5.41, 5.74) is 4.42. The van der Waals surface area contributed by atoms with Gasteiger partial charge in [0.15, 0.2) is 0 Å². The fourth-order valence-corrected chi connectivity index (χ4v) is 0.919. The molecule has 1 unspecified atom stereocenters. The smallest absolute Gasteiger partial charge is 0.227 e. The van der Waals surface area contributed by atoms with Gasteiger partial charge in [-0.25, -0.2) is 0 Å². The van der Waals surface area contributed by atoms with Gasteiger partial charge in [0, 0.05) is 0 Å². The molecule has 9 heavy (non-hydrogen) atoms. The number of primary amides is 1. The van der Waals surface area contributed by atoms with Crippen LogP contribution in [-0.2, 0) is 9.36 Å². The number of amides is 1. The summed E-state index contributed by atoms with van der Waals surface area (Å²) in [6.45, 7) is 4.70. The Hall–Kier alpha value is -0.300. The molecule has 0 bridgehead atoms. The molecule has 54 valence electrons. The summed E-state index contributed by atoms with van der Waals surface area (Å²) in [5, 5.41) is 0. The first-order chi connectivity index (χ1) is 3.85. The SMILES string of the molecule is CC(C(N)=O)P(C)(C)=O. The Labute approximate surface area is 55.0 Å². The van der Waals surface area contributed by atoms with Crippen molar-refractivity contribution < 1.29 is 9.36 Å². The molecule has 1 amide bonds. The van der Waals surface area contributed by atoms with Gasteiger partial charge >= 0.3 is 0 Å². The van der Waals surface area contributed by atoms with Crippen LogP contribution in [0.15, 0.2) is 0 Å². The highest BCUT2D eigenvalue weighted by Crippen LogP contribution is 2.41. The van der Waals surface area contributed by atoms with Gasteiger partial charge in [0.1, 0.15) is 0 Å². The van der Waals surface area contributed by atoms with E-state index in [2.05, 4.69) is 0 Å². The number of nitrogens with two attached hydrogens (primary N) is 1. The van der Waals surface area contributed by atoms with E-state index in [0.717, 1.165) is 0 Å². The lowest BCUT2D eigenvalue weighted by Gasteiger charge is -2.11. The molecule has 0 spiro atoms. The summed E-state index contributed by atoms with van der Waals surface area (Å²) >= 11 is 0. The third kappa shape index (κ3) is 2.66. The fourth-order valence-electron chi connectivity index (χ4n) is 0.306. The highest BCUT2D eigenvalue weighted by Gasteiger charge is 2.22. The average Bonchev–Trinajstić information content (AvgIpc) is 1.62. The molecule has 1 atom stereocenters. The van der Waals surface area contributed by atoms with Crippen molar-refractivity contribution in [3.05, 3.63) is 0 Å². The van der Waals surface area contributed by atoms with Gasteiger partial charge in [-0.2, -0.15) is 0 Å². The standard InChI is InChI=1S/C5H12NO2P/c1-4(5(6)7)9(2,3)8/h4H,1-3H3,(H2,6,7). The first kappa shape index (κ1) is 8.70. The molecule has 0 fully saturated rings. The minimum absolute atomic E-state index is 0.483. The van der Waals surface area contributed by atoms with Gasteiger partial charge in [-0.15, -0.1) is 0 Å². The summed E-state index contributed by atoms with van der Waals surface area (Å²) < 4.78 is 11.1. The van der Waals surface area contributed by atoms with Gasteiger partial charge in [-0.3, -0.25) is 4.79 Å². The molecule has 0 saturated heterocycles. The molecule has 0 aliphatic heterocycles. The maximum atomic E-state index is 11.1. The monoisotopic (exact) mass is 149 g/mol. The van der Waals surface area contributed by atoms with Gasteiger partial charge in [0.2, 0.25) is 5.91 Å². The van der Waals surface area contributed by atoms with Crippen LogP contribution in [0.4, 0.5) is 0 Å². The molecule has 3 nitrogen and oxygen atoms in total. The number of carbonyl (C=O) groups is 1. The van der Waals surface area contributed by atoms with Gasteiger partial charge in [0.05, 0.1) is 12.8 Å². The average molecular weight is 149 g/mol. The van der Waals surface area contributed by atoms with Gasteiger partial charge in [-0.05, 0) is 20.3 Å². The Bertz CT molecular complexity index is 160. The van der Waals surface area contributed by atoms with Crippen molar-refractivity contribution in [3.63, 3.8) is 0 Å². The molecule has 0 aromatic rings. The lowest BCUT2D eigenvalue weighted by molar-refractivity contribution is -0.117. The molecule has 0 rings (SSSR count). The summed E-state index contributed by atoms with van der Waals surface area (Å²) in [5.74, 6) is -0.483. The third-order valence-corrected chi connectivity index (χ3v) is 3.46. The first-order valence-corrected chi connectivity index (χ1v) is 5.36. The van der Waals surface area contributed by atoms with Gasteiger partial charge in [0.25, 0.3) is 0 Å². The van der Waals surface area contributed by atoms with Crippen LogP contribution in [0, 0.1) is 0 Å². The van der Waals surface area contributed by atoms with Crippen LogP contribution in [0.25, 0.3) is 0 Å². The Morgan fingerprint density at radius 2 is 1.89 bits per heavy atom. The third-order valence-electron chi connectivity index (χ3n) is 1.34. The lowest BCUT2D eigenvalue weighted by Crippen LogP contribution is -2.24. The normalized spacial score (nSPS) is 15.0. The molecule has 2 N–H and O–H groups in total. The maximum absolute atomic E-state index is 11.1. The summed E-state index contributed by atoms with van der Waals surface area (Å²) in [6.07, 6.45) is 0. The van der Waals surface area contributed by atoms with Gasteiger partial charge in [-0.1, -0.05) is 0 Å². The maximum Gasteiger partial charge on any atom is 0.227 e. The second-order valence-corrected chi connectivity index (χ2v) is 6.16. The molecule has 4 heteroatoms. The zero-order valence-corrected chi connectivity index (χ0v) is 6.81. The molecular formula is C5H12NO2P. The van der Waals surface area contributed by atoms with Crippen LogP contribution in [-0.4, -0.2) is 24.9 Å². The van der Waals surface area contributed by atoms with E-state index < -0.39 is 18.7 Å². The predicted molar refractivity (Wildman–Crippen MR) is 38.1 cm³/mol. The van der Waals surface area contributed by atoms with Crippen molar-refractivity contribution in [2.75, 3.05) is 13.3 Å². The number of hydrogen-bond donors (Lipinski definition) is 1. The highest BCUT2D eigenvalue weighted by atomic mass is 31.2. The van der Waals surface area contributed by atoms with Crippen molar-refractivity contribution >= 4 is 13.0 Å². The molecule has 0 aromatic heterocycles. The highest BCUT2D eigenvalue weighted by molar-refractivity contribution is 7.64. The summed E-state index contributed by atoms with van der Waals surface area (Å²) in [4.78, 5) is 10.4. The van der Waals surface area contributed by atoms with Crippen molar-refractivity contribution in [1.82, 2.24) is 0 Å². The van der Waals surface area contributed by atoms with E-state index in [0.29, 0.717) is 0 Å². The molecule has 0 radical (unpaired) electrons. The lowest BCUT2D eigenvalue weighted by atomic mass is 10.5. The van der Waals surface area contributed by atoms with E-state index in [1.165, 1.54) is 0 Å². The van der Waals surface area contributed by atoms with E-state index in [-0.39, 0.29) is 0 Å².